The first-order valence-corrected chi connectivity index (χ1v) is 8.67. The highest BCUT2D eigenvalue weighted by molar-refractivity contribution is 14.0. The Labute approximate surface area is 172 Å². The first kappa shape index (κ1) is 20.3. The summed E-state index contributed by atoms with van der Waals surface area (Å²) < 4.78 is 2.14. The molecule has 0 atom stereocenters. The summed E-state index contributed by atoms with van der Waals surface area (Å²) in [5.41, 5.74) is 2.60. The second-order valence-electron chi connectivity index (χ2n) is 6.37. The zero-order chi connectivity index (χ0) is 17.6. The number of aryl methyl sites for hydroxylation is 1. The maximum absolute atomic E-state index is 4.40. The lowest BCUT2D eigenvalue weighted by molar-refractivity contribution is 0.462. The van der Waals surface area contributed by atoms with Crippen LogP contribution in [0.5, 0.6) is 0 Å². The molecule has 3 aromatic rings. The van der Waals surface area contributed by atoms with Crippen molar-refractivity contribution in [3.63, 3.8) is 0 Å². The van der Waals surface area contributed by atoms with Gasteiger partial charge in [0, 0.05) is 39.6 Å². The molecule has 138 valence electrons. The van der Waals surface area contributed by atoms with E-state index in [2.05, 4.69) is 94.7 Å². The van der Waals surface area contributed by atoms with Gasteiger partial charge in [0.15, 0.2) is 5.96 Å². The van der Waals surface area contributed by atoms with Gasteiger partial charge >= 0.3 is 0 Å². The summed E-state index contributed by atoms with van der Waals surface area (Å²) in [5.74, 6) is 0.919. The van der Waals surface area contributed by atoms with Crippen LogP contribution in [0.4, 0.5) is 0 Å². The van der Waals surface area contributed by atoms with Crippen LogP contribution in [-0.4, -0.2) is 36.1 Å². The minimum atomic E-state index is 0. The van der Waals surface area contributed by atoms with Crippen LogP contribution in [0.25, 0.3) is 10.8 Å². The van der Waals surface area contributed by atoms with E-state index in [1.165, 1.54) is 22.0 Å². The van der Waals surface area contributed by atoms with Crippen molar-refractivity contribution in [2.45, 2.75) is 13.0 Å². The van der Waals surface area contributed by atoms with Gasteiger partial charge in [-0.25, -0.2) is 0 Å². The van der Waals surface area contributed by atoms with E-state index in [0.29, 0.717) is 0 Å². The number of rotatable bonds is 5. The van der Waals surface area contributed by atoms with Crippen molar-refractivity contribution in [3.05, 3.63) is 72.1 Å². The minimum absolute atomic E-state index is 0. The highest BCUT2D eigenvalue weighted by Gasteiger charge is 2.08. The van der Waals surface area contributed by atoms with E-state index in [4.69, 9.17) is 0 Å². The van der Waals surface area contributed by atoms with Crippen LogP contribution in [0.3, 0.4) is 0 Å². The second kappa shape index (κ2) is 9.62. The summed E-state index contributed by atoms with van der Waals surface area (Å²) in [6, 6.07) is 19.4. The molecule has 0 bridgehead atoms. The smallest absolute Gasteiger partial charge is 0.193 e. The second-order valence-corrected chi connectivity index (χ2v) is 6.37. The number of nitrogens with zero attached hydrogens (tertiary/aromatic N) is 3. The first-order chi connectivity index (χ1) is 12.2. The number of halogens is 1. The average Bonchev–Trinajstić information content (AvgIpc) is 3.03. The molecule has 4 nitrogen and oxygen atoms in total. The molecule has 1 N–H and O–H groups in total. The van der Waals surface area contributed by atoms with Crippen LogP contribution < -0.4 is 5.32 Å². The maximum Gasteiger partial charge on any atom is 0.193 e. The molecule has 0 radical (unpaired) electrons. The van der Waals surface area contributed by atoms with Gasteiger partial charge in [0.25, 0.3) is 0 Å². The minimum Gasteiger partial charge on any atom is -0.356 e. The highest BCUT2D eigenvalue weighted by Crippen LogP contribution is 2.15. The normalized spacial score (nSPS) is 11.3. The third-order valence-electron chi connectivity index (χ3n) is 4.53. The molecule has 0 unspecified atom stereocenters. The molecule has 0 aliphatic carbocycles. The van der Waals surface area contributed by atoms with Gasteiger partial charge in [-0.3, -0.25) is 4.99 Å². The van der Waals surface area contributed by atoms with Crippen LogP contribution in [0.15, 0.2) is 65.8 Å². The fourth-order valence-corrected chi connectivity index (χ4v) is 3.08. The van der Waals surface area contributed by atoms with Gasteiger partial charge in [0.05, 0.1) is 6.54 Å². The molecule has 3 rings (SSSR count). The molecule has 5 heteroatoms. The Morgan fingerprint density at radius 2 is 1.85 bits per heavy atom. The predicted octanol–water partition coefficient (Wildman–Crippen LogP) is 4.05. The van der Waals surface area contributed by atoms with Gasteiger partial charge in [0.2, 0.25) is 0 Å². The molecule has 2 aromatic carbocycles. The molecule has 0 aliphatic rings. The van der Waals surface area contributed by atoms with Crippen LogP contribution in [0.2, 0.25) is 0 Å². The van der Waals surface area contributed by atoms with Gasteiger partial charge < -0.3 is 14.8 Å². The van der Waals surface area contributed by atoms with Crippen LogP contribution in [0.1, 0.15) is 11.3 Å². The van der Waals surface area contributed by atoms with Gasteiger partial charge in [0.1, 0.15) is 0 Å². The van der Waals surface area contributed by atoms with Crippen LogP contribution in [-0.2, 0) is 20.0 Å². The van der Waals surface area contributed by atoms with Crippen molar-refractivity contribution < 1.29 is 0 Å². The molecular weight excluding hydrogens is 435 g/mol. The Morgan fingerprint density at radius 1 is 1.08 bits per heavy atom. The number of guanidine groups is 1. The molecule has 0 amide bonds. The van der Waals surface area contributed by atoms with E-state index in [0.717, 1.165) is 25.5 Å². The lowest BCUT2D eigenvalue weighted by Crippen LogP contribution is -2.39. The average molecular weight is 462 g/mol. The van der Waals surface area contributed by atoms with Crippen molar-refractivity contribution in [2.24, 2.45) is 12.0 Å². The third-order valence-corrected chi connectivity index (χ3v) is 4.53. The van der Waals surface area contributed by atoms with E-state index in [9.17, 15) is 0 Å². The molecule has 26 heavy (non-hydrogen) atoms. The fourth-order valence-electron chi connectivity index (χ4n) is 3.08. The standard InChI is InChI=1S/C21H26N4.HI/c1-22-21(25(3)16-20-9-6-14-24(20)2)23-13-12-17-10-11-18-7-4-5-8-19(18)15-17;/h4-11,14-15H,12-13,16H2,1-3H3,(H,22,23);1H. The molecular formula is C21H27IN4. The Balaban J connectivity index is 0.00000243. The molecule has 0 saturated heterocycles. The van der Waals surface area contributed by atoms with Crippen LogP contribution in [0, 0.1) is 0 Å². The van der Waals surface area contributed by atoms with Gasteiger partial charge in [-0.2, -0.15) is 0 Å². The number of aliphatic imine (C=N–C) groups is 1. The van der Waals surface area contributed by atoms with E-state index in [1.54, 1.807) is 0 Å². The van der Waals surface area contributed by atoms with E-state index in [-0.39, 0.29) is 24.0 Å². The number of hydrogen-bond acceptors (Lipinski definition) is 1. The monoisotopic (exact) mass is 462 g/mol. The Bertz CT molecular complexity index is 869. The summed E-state index contributed by atoms with van der Waals surface area (Å²) in [6.07, 6.45) is 3.04. The van der Waals surface area contributed by atoms with Gasteiger partial charge in [-0.05, 0) is 34.9 Å². The number of nitrogens with one attached hydrogen (secondary N) is 1. The molecule has 1 heterocycles. The Hall–Kier alpha value is -2.02. The Morgan fingerprint density at radius 3 is 2.54 bits per heavy atom. The van der Waals surface area contributed by atoms with Crippen molar-refractivity contribution >= 4 is 40.7 Å². The molecule has 0 aliphatic heterocycles. The maximum atomic E-state index is 4.40. The molecule has 0 fully saturated rings. The Kier molecular flexibility index (Phi) is 7.50. The van der Waals surface area contributed by atoms with Crippen molar-refractivity contribution in [3.8, 4) is 0 Å². The quantitative estimate of drug-likeness (QED) is 0.353. The van der Waals surface area contributed by atoms with Crippen molar-refractivity contribution in [1.82, 2.24) is 14.8 Å². The van der Waals surface area contributed by atoms with E-state index in [1.807, 2.05) is 7.05 Å². The summed E-state index contributed by atoms with van der Waals surface area (Å²) in [6.45, 7) is 1.70. The number of fused-ring (bicyclic) bond motifs is 1. The predicted molar refractivity (Wildman–Crippen MR) is 121 cm³/mol. The first-order valence-electron chi connectivity index (χ1n) is 8.67. The summed E-state index contributed by atoms with van der Waals surface area (Å²) >= 11 is 0. The topological polar surface area (TPSA) is 32.6 Å². The summed E-state index contributed by atoms with van der Waals surface area (Å²) in [7, 11) is 5.97. The van der Waals surface area contributed by atoms with E-state index < -0.39 is 0 Å². The fraction of sp³-hybridized carbons (Fsp3) is 0.286. The molecule has 1 aromatic heterocycles. The number of benzene rings is 2. The van der Waals surface area contributed by atoms with Crippen molar-refractivity contribution in [2.75, 3.05) is 20.6 Å². The largest absolute Gasteiger partial charge is 0.356 e. The molecule has 0 spiro atoms. The summed E-state index contributed by atoms with van der Waals surface area (Å²) in [4.78, 5) is 6.55. The number of hydrogen-bond donors (Lipinski definition) is 1. The third kappa shape index (κ3) is 5.00. The zero-order valence-corrected chi connectivity index (χ0v) is 18.0. The van der Waals surface area contributed by atoms with Gasteiger partial charge in [-0.15, -0.1) is 24.0 Å². The zero-order valence-electron chi connectivity index (χ0n) is 15.6. The summed E-state index contributed by atoms with van der Waals surface area (Å²) in [5, 5.41) is 6.05. The van der Waals surface area contributed by atoms with Crippen molar-refractivity contribution in [1.29, 1.82) is 0 Å². The lowest BCUT2D eigenvalue weighted by atomic mass is 10.1. The number of aromatic nitrogens is 1. The van der Waals surface area contributed by atoms with Crippen LogP contribution >= 0.6 is 24.0 Å². The highest BCUT2D eigenvalue weighted by atomic mass is 127. The SMILES string of the molecule is CN=C(NCCc1ccc2ccccc2c1)N(C)Cc1cccn1C.I. The van der Waals surface area contributed by atoms with Gasteiger partial charge in [-0.1, -0.05) is 42.5 Å². The lowest BCUT2D eigenvalue weighted by Gasteiger charge is -2.22. The van der Waals surface area contributed by atoms with E-state index >= 15 is 0 Å². The molecule has 0 saturated carbocycles.